The van der Waals surface area contributed by atoms with Crippen LogP contribution in [0.3, 0.4) is 0 Å². The van der Waals surface area contributed by atoms with E-state index in [9.17, 15) is 14.4 Å². The van der Waals surface area contributed by atoms with Crippen LogP contribution < -0.4 is 10.9 Å². The quantitative estimate of drug-likeness (QED) is 0.691. The molecule has 0 aliphatic rings. The summed E-state index contributed by atoms with van der Waals surface area (Å²) >= 11 is 0. The van der Waals surface area contributed by atoms with E-state index in [0.29, 0.717) is 11.3 Å². The standard InChI is InChI=1S/C21H19N3O4/c1-3-28-21(27)18-14(2)17(22-19(25)15-10-6-4-7-11-15)20(26)24(23-18)16-12-8-5-9-13-16/h4-13H,3H2,1-2H3,(H,22,25). The molecule has 0 aliphatic heterocycles. The Balaban J connectivity index is 2.14. The first-order chi connectivity index (χ1) is 13.5. The summed E-state index contributed by atoms with van der Waals surface area (Å²) in [6.07, 6.45) is 0. The predicted octanol–water partition coefficient (Wildman–Crippen LogP) is 2.97. The summed E-state index contributed by atoms with van der Waals surface area (Å²) in [6, 6.07) is 17.2. The van der Waals surface area contributed by atoms with Crippen LogP contribution in [-0.4, -0.2) is 28.3 Å². The van der Waals surface area contributed by atoms with Crippen molar-refractivity contribution < 1.29 is 14.3 Å². The highest BCUT2D eigenvalue weighted by atomic mass is 16.5. The SMILES string of the molecule is CCOC(=O)c1nn(-c2ccccc2)c(=O)c(NC(=O)c2ccccc2)c1C. The first-order valence-electron chi connectivity index (χ1n) is 8.75. The van der Waals surface area contributed by atoms with Gasteiger partial charge in [-0.15, -0.1) is 0 Å². The molecule has 0 spiro atoms. The lowest BCUT2D eigenvalue weighted by Gasteiger charge is -2.14. The highest BCUT2D eigenvalue weighted by molar-refractivity contribution is 6.05. The van der Waals surface area contributed by atoms with Crippen molar-refractivity contribution in [3.63, 3.8) is 0 Å². The van der Waals surface area contributed by atoms with Crippen molar-refractivity contribution in [1.29, 1.82) is 0 Å². The molecular weight excluding hydrogens is 358 g/mol. The summed E-state index contributed by atoms with van der Waals surface area (Å²) in [6.45, 7) is 3.39. The number of nitrogens with zero attached hydrogens (tertiary/aromatic N) is 2. The third kappa shape index (κ3) is 3.83. The molecule has 1 aromatic heterocycles. The molecule has 28 heavy (non-hydrogen) atoms. The molecule has 0 bridgehead atoms. The monoisotopic (exact) mass is 377 g/mol. The number of nitrogens with one attached hydrogen (secondary N) is 1. The Morgan fingerprint density at radius 2 is 1.64 bits per heavy atom. The Labute approximate surface area is 161 Å². The largest absolute Gasteiger partial charge is 0.461 e. The highest BCUT2D eigenvalue weighted by Crippen LogP contribution is 2.17. The second-order valence-corrected chi connectivity index (χ2v) is 5.94. The van der Waals surface area contributed by atoms with Gasteiger partial charge in [-0.05, 0) is 38.1 Å². The van der Waals surface area contributed by atoms with E-state index in [4.69, 9.17) is 4.74 Å². The fourth-order valence-electron chi connectivity index (χ4n) is 2.67. The van der Waals surface area contributed by atoms with E-state index in [2.05, 4.69) is 10.4 Å². The third-order valence-electron chi connectivity index (χ3n) is 4.08. The Morgan fingerprint density at radius 3 is 2.25 bits per heavy atom. The Morgan fingerprint density at radius 1 is 1.04 bits per heavy atom. The van der Waals surface area contributed by atoms with Crippen molar-refractivity contribution in [3.05, 3.63) is 87.8 Å². The molecule has 7 nitrogen and oxygen atoms in total. The van der Waals surface area contributed by atoms with Gasteiger partial charge in [-0.3, -0.25) is 9.59 Å². The zero-order valence-electron chi connectivity index (χ0n) is 15.5. The fourth-order valence-corrected chi connectivity index (χ4v) is 2.67. The van der Waals surface area contributed by atoms with Crippen molar-refractivity contribution in [2.24, 2.45) is 0 Å². The van der Waals surface area contributed by atoms with Gasteiger partial charge in [-0.1, -0.05) is 36.4 Å². The van der Waals surface area contributed by atoms with Crippen molar-refractivity contribution in [2.45, 2.75) is 13.8 Å². The summed E-state index contributed by atoms with van der Waals surface area (Å²) in [5.41, 5.74) is 0.515. The number of para-hydroxylation sites is 1. The van der Waals surface area contributed by atoms with Crippen LogP contribution >= 0.6 is 0 Å². The first-order valence-corrected chi connectivity index (χ1v) is 8.75. The van der Waals surface area contributed by atoms with Gasteiger partial charge in [0.15, 0.2) is 5.69 Å². The number of hydrogen-bond donors (Lipinski definition) is 1. The van der Waals surface area contributed by atoms with Crippen molar-refractivity contribution >= 4 is 17.6 Å². The predicted molar refractivity (Wildman–Crippen MR) is 105 cm³/mol. The Hall–Kier alpha value is -3.74. The van der Waals surface area contributed by atoms with Gasteiger partial charge in [0, 0.05) is 11.1 Å². The number of carbonyl (C=O) groups excluding carboxylic acids is 2. The van der Waals surface area contributed by atoms with Crippen LogP contribution in [0.25, 0.3) is 5.69 Å². The Bertz CT molecular complexity index is 1060. The fraction of sp³-hybridized carbons (Fsp3) is 0.143. The van der Waals surface area contributed by atoms with Crippen LogP contribution in [0.5, 0.6) is 0 Å². The van der Waals surface area contributed by atoms with E-state index in [-0.39, 0.29) is 23.6 Å². The lowest BCUT2D eigenvalue weighted by molar-refractivity contribution is 0.0516. The van der Waals surface area contributed by atoms with E-state index >= 15 is 0 Å². The number of benzene rings is 2. The number of amides is 1. The van der Waals surface area contributed by atoms with Gasteiger partial charge in [0.2, 0.25) is 0 Å². The maximum absolute atomic E-state index is 13.0. The van der Waals surface area contributed by atoms with E-state index < -0.39 is 17.4 Å². The van der Waals surface area contributed by atoms with Crippen LogP contribution in [0.4, 0.5) is 5.69 Å². The second-order valence-electron chi connectivity index (χ2n) is 5.94. The molecule has 0 saturated heterocycles. The van der Waals surface area contributed by atoms with Gasteiger partial charge in [-0.25, -0.2) is 4.79 Å². The van der Waals surface area contributed by atoms with Gasteiger partial charge >= 0.3 is 5.97 Å². The molecule has 7 heteroatoms. The third-order valence-corrected chi connectivity index (χ3v) is 4.08. The average Bonchev–Trinajstić information content (AvgIpc) is 2.72. The number of anilines is 1. The molecule has 3 rings (SSSR count). The van der Waals surface area contributed by atoms with Crippen LogP contribution in [0.1, 0.15) is 33.3 Å². The maximum Gasteiger partial charge on any atom is 0.359 e. The summed E-state index contributed by atoms with van der Waals surface area (Å²) in [5.74, 6) is -1.12. The van der Waals surface area contributed by atoms with Crippen molar-refractivity contribution in [1.82, 2.24) is 9.78 Å². The first kappa shape index (κ1) is 19.0. The summed E-state index contributed by atoms with van der Waals surface area (Å²) in [4.78, 5) is 38.0. The minimum atomic E-state index is -0.667. The van der Waals surface area contributed by atoms with Crippen molar-refractivity contribution in [2.75, 3.05) is 11.9 Å². The number of rotatable bonds is 5. The summed E-state index contributed by atoms with van der Waals surface area (Å²) < 4.78 is 6.14. The lowest BCUT2D eigenvalue weighted by Crippen LogP contribution is -2.31. The average molecular weight is 377 g/mol. The summed E-state index contributed by atoms with van der Waals surface area (Å²) in [5, 5.41) is 6.80. The van der Waals surface area contributed by atoms with Crippen LogP contribution in [0.15, 0.2) is 65.5 Å². The zero-order valence-corrected chi connectivity index (χ0v) is 15.5. The zero-order chi connectivity index (χ0) is 20.1. The molecule has 2 aromatic carbocycles. The molecule has 0 unspecified atom stereocenters. The van der Waals surface area contributed by atoms with E-state index in [0.717, 1.165) is 4.68 Å². The minimum Gasteiger partial charge on any atom is -0.461 e. The van der Waals surface area contributed by atoms with Gasteiger partial charge in [-0.2, -0.15) is 9.78 Å². The number of ether oxygens (including phenoxy) is 1. The molecule has 1 heterocycles. The molecule has 3 aromatic rings. The molecule has 0 saturated carbocycles. The van der Waals surface area contributed by atoms with Crippen LogP contribution in [0.2, 0.25) is 0 Å². The number of esters is 1. The molecule has 1 N–H and O–H groups in total. The van der Waals surface area contributed by atoms with Gasteiger partial charge in [0.05, 0.1) is 12.3 Å². The van der Waals surface area contributed by atoms with Gasteiger partial charge in [0.1, 0.15) is 5.69 Å². The lowest BCUT2D eigenvalue weighted by atomic mass is 10.1. The van der Waals surface area contributed by atoms with Crippen LogP contribution in [-0.2, 0) is 4.74 Å². The Kier molecular flexibility index (Phi) is 5.64. The molecule has 1 amide bonds. The molecule has 0 atom stereocenters. The second kappa shape index (κ2) is 8.30. The maximum atomic E-state index is 13.0. The minimum absolute atomic E-state index is 0.0178. The smallest absolute Gasteiger partial charge is 0.359 e. The molecule has 142 valence electrons. The molecular formula is C21H19N3O4. The molecule has 0 aliphatic carbocycles. The topological polar surface area (TPSA) is 90.3 Å². The van der Waals surface area contributed by atoms with E-state index in [1.807, 2.05) is 0 Å². The normalized spacial score (nSPS) is 10.4. The van der Waals surface area contributed by atoms with E-state index in [1.165, 1.54) is 0 Å². The van der Waals surface area contributed by atoms with Crippen molar-refractivity contribution in [3.8, 4) is 5.69 Å². The van der Waals surface area contributed by atoms with Gasteiger partial charge < -0.3 is 10.1 Å². The highest BCUT2D eigenvalue weighted by Gasteiger charge is 2.22. The number of carbonyl (C=O) groups is 2. The van der Waals surface area contributed by atoms with E-state index in [1.54, 1.807) is 74.5 Å². The molecule has 0 radical (unpaired) electrons. The number of hydrogen-bond acceptors (Lipinski definition) is 5. The van der Waals surface area contributed by atoms with Gasteiger partial charge in [0.25, 0.3) is 11.5 Å². The number of aromatic nitrogens is 2. The summed E-state index contributed by atoms with van der Waals surface area (Å²) in [7, 11) is 0. The molecule has 0 fully saturated rings. The van der Waals surface area contributed by atoms with Crippen LogP contribution in [0, 0.1) is 6.92 Å².